The van der Waals surface area contributed by atoms with Gasteiger partial charge in [0.1, 0.15) is 35.3 Å². The summed E-state index contributed by atoms with van der Waals surface area (Å²) in [4.78, 5) is 52.6. The van der Waals surface area contributed by atoms with Gasteiger partial charge in [-0.25, -0.2) is 18.4 Å². The molecule has 0 unspecified atom stereocenters. The van der Waals surface area contributed by atoms with Crippen LogP contribution in [-0.4, -0.2) is 83.6 Å². The number of carbonyl (C=O) groups is 3. The number of ether oxygens (including phenoxy) is 2. The van der Waals surface area contributed by atoms with Crippen LogP contribution < -0.4 is 24.8 Å². The maximum atomic E-state index is 14.5. The van der Waals surface area contributed by atoms with Crippen molar-refractivity contribution in [2.75, 3.05) is 19.0 Å². The van der Waals surface area contributed by atoms with Gasteiger partial charge in [-0.3, -0.25) is 19.1 Å². The molecule has 3 fully saturated rings. The maximum Gasteiger partial charge on any atom is 0.259 e. The number of anilines is 1. The summed E-state index contributed by atoms with van der Waals surface area (Å²) in [5, 5.41) is 7.10. The Balaban J connectivity index is 1.29. The normalized spacial score (nSPS) is 23.6. The second kappa shape index (κ2) is 13.5. The maximum absolute atomic E-state index is 14.5. The Bertz CT molecular complexity index is 1930. The predicted octanol–water partition coefficient (Wildman–Crippen LogP) is 3.41. The number of hydrogen-bond donors (Lipinski definition) is 3. The van der Waals surface area contributed by atoms with E-state index in [0.29, 0.717) is 30.3 Å². The Morgan fingerprint density at radius 1 is 1.12 bits per heavy atom. The van der Waals surface area contributed by atoms with Crippen molar-refractivity contribution >= 4 is 44.3 Å². The monoisotopic (exact) mass is 704 g/mol. The minimum atomic E-state index is -3.86. The molecular formula is C36H44N6O7S. The summed E-state index contributed by atoms with van der Waals surface area (Å²) in [5.41, 5.74) is 0.280. The van der Waals surface area contributed by atoms with Crippen LogP contribution in [0.2, 0.25) is 0 Å². The van der Waals surface area contributed by atoms with Crippen LogP contribution in [0.3, 0.4) is 0 Å². The van der Waals surface area contributed by atoms with Gasteiger partial charge in [-0.05, 0) is 86.4 Å². The zero-order valence-corrected chi connectivity index (χ0v) is 29.7. The molecule has 50 heavy (non-hydrogen) atoms. The summed E-state index contributed by atoms with van der Waals surface area (Å²) in [6.45, 7) is 11.5. The van der Waals surface area contributed by atoms with E-state index in [4.69, 9.17) is 9.47 Å². The first kappa shape index (κ1) is 35.1. The number of pyridine rings is 2. The number of hydrogen-bond acceptors (Lipinski definition) is 10. The average Bonchev–Trinajstić information content (AvgIpc) is 3.99. The number of benzene rings is 1. The lowest BCUT2D eigenvalue weighted by molar-refractivity contribution is -0.140. The van der Waals surface area contributed by atoms with Gasteiger partial charge in [-0.1, -0.05) is 19.9 Å². The molecule has 0 radical (unpaired) electrons. The van der Waals surface area contributed by atoms with Crippen molar-refractivity contribution in [3.63, 3.8) is 0 Å². The van der Waals surface area contributed by atoms with Crippen molar-refractivity contribution in [3.05, 3.63) is 66.5 Å². The second-order valence-corrected chi connectivity index (χ2v) is 15.9. The second-order valence-electron chi connectivity index (χ2n) is 13.9. The third kappa shape index (κ3) is 7.11. The number of amides is 3. The van der Waals surface area contributed by atoms with Crippen molar-refractivity contribution in [3.8, 4) is 11.6 Å². The fourth-order valence-electron chi connectivity index (χ4n) is 6.67. The molecule has 2 aliphatic carbocycles. The Morgan fingerprint density at radius 2 is 1.88 bits per heavy atom. The van der Waals surface area contributed by atoms with Crippen molar-refractivity contribution < 1.29 is 32.3 Å². The molecule has 1 aromatic carbocycles. The first-order chi connectivity index (χ1) is 23.7. The van der Waals surface area contributed by atoms with E-state index in [-0.39, 0.29) is 31.2 Å². The molecule has 2 saturated carbocycles. The SMILES string of the molecule is C=C[C@@H]1C[C@]1(NC(=O)[C@@H]1C[C@@H](Oc2nccc3cc(OC)ccc23)CN1C(=O)[C@@H](Nc1cc(C)cc(C)n1)C(C)C)C(=O)NS(=O)(=O)C1CC1. The Kier molecular flexibility index (Phi) is 9.51. The minimum Gasteiger partial charge on any atom is -0.497 e. The van der Waals surface area contributed by atoms with Gasteiger partial charge in [0.2, 0.25) is 27.7 Å². The Morgan fingerprint density at radius 3 is 2.52 bits per heavy atom. The number of rotatable bonds is 13. The number of nitrogens with zero attached hydrogens (tertiary/aromatic N) is 3. The van der Waals surface area contributed by atoms with E-state index < -0.39 is 56.7 Å². The summed E-state index contributed by atoms with van der Waals surface area (Å²) >= 11 is 0. The summed E-state index contributed by atoms with van der Waals surface area (Å²) in [7, 11) is -2.27. The first-order valence-electron chi connectivity index (χ1n) is 16.9. The molecule has 3 aromatic rings. The molecule has 0 spiro atoms. The smallest absolute Gasteiger partial charge is 0.259 e. The molecule has 3 amide bonds. The van der Waals surface area contributed by atoms with Crippen LogP contribution in [0.15, 0.2) is 55.3 Å². The first-order valence-corrected chi connectivity index (χ1v) is 18.4. The van der Waals surface area contributed by atoms with E-state index in [1.165, 1.54) is 11.0 Å². The van der Waals surface area contributed by atoms with E-state index in [9.17, 15) is 22.8 Å². The highest BCUT2D eigenvalue weighted by Gasteiger charge is 2.62. The number of sulfonamides is 1. The lowest BCUT2D eigenvalue weighted by atomic mass is 10.0. The third-order valence-electron chi connectivity index (χ3n) is 9.64. The van der Waals surface area contributed by atoms with Crippen LogP contribution in [0.5, 0.6) is 11.6 Å². The van der Waals surface area contributed by atoms with Gasteiger partial charge >= 0.3 is 0 Å². The van der Waals surface area contributed by atoms with E-state index in [0.717, 1.165) is 22.0 Å². The molecule has 6 rings (SSSR count). The molecule has 3 aliphatic rings. The number of fused-ring (bicyclic) bond motifs is 1. The summed E-state index contributed by atoms with van der Waals surface area (Å²) < 4.78 is 39.3. The number of aryl methyl sites for hydroxylation is 2. The van der Waals surface area contributed by atoms with Crippen LogP contribution in [0.1, 0.15) is 50.8 Å². The standard InChI is InChI=1S/C36H44N6O7S/c1-7-24-18-36(24,35(45)41-50(46,47)27-9-10-27)40-32(43)29-17-26(49-33-28-11-8-25(48-6)16-23(28)12-13-37-33)19-42(29)34(44)31(20(2)3)39-30-15-21(4)14-22(5)38-30/h7-8,11-16,20,24,26-27,29,31H,1,9-10,17-19H2,2-6H3,(H,38,39)(H,40,43)(H,41,45)/t24-,26-,29+,31+,36-/m1/s1. The third-order valence-corrected chi connectivity index (χ3v) is 11.5. The molecule has 266 valence electrons. The summed E-state index contributed by atoms with van der Waals surface area (Å²) in [5.74, 6) is -0.837. The van der Waals surface area contributed by atoms with E-state index >= 15 is 0 Å². The number of aromatic nitrogens is 2. The van der Waals surface area contributed by atoms with Crippen LogP contribution in [0.25, 0.3) is 10.8 Å². The number of methoxy groups -OCH3 is 1. The van der Waals surface area contributed by atoms with Crippen molar-refractivity contribution in [1.29, 1.82) is 0 Å². The van der Waals surface area contributed by atoms with Gasteiger partial charge in [0.05, 0.1) is 18.9 Å². The van der Waals surface area contributed by atoms with Gasteiger partial charge in [-0.2, -0.15) is 0 Å². The van der Waals surface area contributed by atoms with Crippen LogP contribution in [0.4, 0.5) is 5.82 Å². The minimum absolute atomic E-state index is 0.0659. The topological polar surface area (TPSA) is 169 Å². The highest BCUT2D eigenvalue weighted by atomic mass is 32.2. The Labute approximate surface area is 292 Å². The van der Waals surface area contributed by atoms with E-state index in [2.05, 4.69) is 31.9 Å². The fourth-order valence-corrected chi connectivity index (χ4v) is 8.03. The van der Waals surface area contributed by atoms with E-state index in [1.807, 2.05) is 58.0 Å². The largest absolute Gasteiger partial charge is 0.497 e. The lowest BCUT2D eigenvalue weighted by Crippen LogP contribution is -2.58. The van der Waals surface area contributed by atoms with Gasteiger partial charge in [-0.15, -0.1) is 6.58 Å². The van der Waals surface area contributed by atoms with Gasteiger partial charge < -0.3 is 25.0 Å². The van der Waals surface area contributed by atoms with Gasteiger partial charge in [0.25, 0.3) is 5.91 Å². The molecule has 3 heterocycles. The van der Waals surface area contributed by atoms with E-state index in [1.54, 1.807) is 19.4 Å². The molecule has 1 saturated heterocycles. The van der Waals surface area contributed by atoms with Gasteiger partial charge in [0.15, 0.2) is 0 Å². The highest BCUT2D eigenvalue weighted by molar-refractivity contribution is 7.91. The molecule has 0 bridgehead atoms. The summed E-state index contributed by atoms with van der Waals surface area (Å²) in [6.07, 6.45) is 3.78. The zero-order chi connectivity index (χ0) is 36.0. The van der Waals surface area contributed by atoms with Gasteiger partial charge in [0, 0.05) is 29.6 Å². The molecule has 13 nitrogen and oxygen atoms in total. The molecule has 1 aliphatic heterocycles. The number of likely N-dealkylation sites (tertiary alicyclic amines) is 1. The quantitative estimate of drug-likeness (QED) is 0.224. The lowest BCUT2D eigenvalue weighted by Gasteiger charge is -2.31. The molecule has 5 atom stereocenters. The average molecular weight is 705 g/mol. The van der Waals surface area contributed by atoms with Crippen molar-refractivity contribution in [2.24, 2.45) is 11.8 Å². The number of carbonyl (C=O) groups excluding carboxylic acids is 3. The van der Waals surface area contributed by atoms with Crippen LogP contribution in [-0.2, 0) is 24.4 Å². The van der Waals surface area contributed by atoms with Crippen molar-refractivity contribution in [2.45, 2.75) is 82.4 Å². The molecule has 2 aromatic heterocycles. The summed E-state index contributed by atoms with van der Waals surface area (Å²) in [6, 6.07) is 9.36. The molecular weight excluding hydrogens is 660 g/mol. The zero-order valence-electron chi connectivity index (χ0n) is 28.9. The van der Waals surface area contributed by atoms with Crippen LogP contribution >= 0.6 is 0 Å². The highest BCUT2D eigenvalue weighted by Crippen LogP contribution is 2.45. The predicted molar refractivity (Wildman–Crippen MR) is 188 cm³/mol. The van der Waals surface area contributed by atoms with Crippen LogP contribution in [0, 0.1) is 25.7 Å². The molecule has 3 N–H and O–H groups in total. The number of nitrogens with one attached hydrogen (secondary N) is 3. The molecule has 14 heteroatoms. The van der Waals surface area contributed by atoms with Crippen molar-refractivity contribution in [1.82, 2.24) is 24.9 Å². The fraction of sp³-hybridized carbons (Fsp3) is 0.472. The Hall–Kier alpha value is -4.72.